The zero-order valence-electron chi connectivity index (χ0n) is 15.9. The molecule has 1 aromatic heterocycles. The molecule has 1 aliphatic carbocycles. The van der Waals surface area contributed by atoms with E-state index in [0.717, 1.165) is 41.7 Å². The van der Waals surface area contributed by atoms with Crippen LogP contribution < -0.4 is 15.8 Å². The van der Waals surface area contributed by atoms with Crippen LogP contribution in [0.15, 0.2) is 54.6 Å². The standard InChI is InChI=1S/C23H22N2O3S/c24-21(26)20-18-8-4-5-9-19(18)29-23(20)25-22(27)16-10-12-17(13-11-16)28-14-15-6-2-1-3-7-15/h1-3,6-7,10-13H,4-5,8-9,14H2,(H2,24,26)(H,25,27). The summed E-state index contributed by atoms with van der Waals surface area (Å²) < 4.78 is 5.76. The fourth-order valence-electron chi connectivity index (χ4n) is 3.53. The predicted octanol–water partition coefficient (Wildman–Crippen LogP) is 4.56. The summed E-state index contributed by atoms with van der Waals surface area (Å²) in [5.41, 5.74) is 8.66. The summed E-state index contributed by atoms with van der Waals surface area (Å²) in [6.45, 7) is 0.467. The zero-order chi connectivity index (χ0) is 20.2. The Morgan fingerprint density at radius 3 is 2.45 bits per heavy atom. The Kier molecular flexibility index (Phi) is 5.62. The van der Waals surface area contributed by atoms with Gasteiger partial charge < -0.3 is 15.8 Å². The van der Waals surface area contributed by atoms with Crippen LogP contribution in [0.2, 0.25) is 0 Å². The minimum absolute atomic E-state index is 0.263. The van der Waals surface area contributed by atoms with Crippen LogP contribution in [0.25, 0.3) is 0 Å². The number of fused-ring (bicyclic) bond motifs is 1. The first kappa shape index (κ1) is 19.2. The molecular weight excluding hydrogens is 384 g/mol. The minimum Gasteiger partial charge on any atom is -0.489 e. The Morgan fingerprint density at radius 1 is 1.00 bits per heavy atom. The third-order valence-electron chi connectivity index (χ3n) is 5.01. The molecule has 0 saturated heterocycles. The van der Waals surface area contributed by atoms with Crippen molar-refractivity contribution in [2.24, 2.45) is 5.73 Å². The fourth-order valence-corrected chi connectivity index (χ4v) is 4.82. The highest BCUT2D eigenvalue weighted by molar-refractivity contribution is 7.17. The van der Waals surface area contributed by atoms with E-state index in [9.17, 15) is 9.59 Å². The lowest BCUT2D eigenvalue weighted by Crippen LogP contribution is -2.18. The third kappa shape index (κ3) is 4.32. The lowest BCUT2D eigenvalue weighted by molar-refractivity contribution is 0.100. The number of amides is 2. The van der Waals surface area contributed by atoms with Gasteiger partial charge in [-0.3, -0.25) is 9.59 Å². The van der Waals surface area contributed by atoms with E-state index in [1.54, 1.807) is 24.3 Å². The van der Waals surface area contributed by atoms with Crippen molar-refractivity contribution in [3.63, 3.8) is 0 Å². The molecule has 148 valence electrons. The molecule has 6 heteroatoms. The number of aryl methyl sites for hydroxylation is 1. The maximum atomic E-state index is 12.7. The number of nitrogens with two attached hydrogens (primary N) is 1. The predicted molar refractivity (Wildman–Crippen MR) is 115 cm³/mol. The second-order valence-electron chi connectivity index (χ2n) is 7.03. The monoisotopic (exact) mass is 406 g/mol. The largest absolute Gasteiger partial charge is 0.489 e. The maximum absolute atomic E-state index is 12.7. The van der Waals surface area contributed by atoms with Crippen molar-refractivity contribution in [1.29, 1.82) is 0 Å². The van der Waals surface area contributed by atoms with Gasteiger partial charge in [0.05, 0.1) is 5.56 Å². The zero-order valence-corrected chi connectivity index (χ0v) is 16.8. The molecule has 3 aromatic rings. The van der Waals surface area contributed by atoms with Gasteiger partial charge in [0.25, 0.3) is 11.8 Å². The molecule has 0 bridgehead atoms. The van der Waals surface area contributed by atoms with Crippen molar-refractivity contribution in [2.75, 3.05) is 5.32 Å². The summed E-state index contributed by atoms with van der Waals surface area (Å²) in [7, 11) is 0. The summed E-state index contributed by atoms with van der Waals surface area (Å²) in [6.07, 6.45) is 3.92. The van der Waals surface area contributed by atoms with E-state index >= 15 is 0 Å². The number of hydrogen-bond acceptors (Lipinski definition) is 4. The van der Waals surface area contributed by atoms with Gasteiger partial charge in [-0.1, -0.05) is 30.3 Å². The fraction of sp³-hybridized carbons (Fsp3) is 0.217. The molecule has 0 unspecified atom stereocenters. The van der Waals surface area contributed by atoms with Gasteiger partial charge >= 0.3 is 0 Å². The first-order chi connectivity index (χ1) is 14.1. The van der Waals surface area contributed by atoms with Crippen LogP contribution in [-0.4, -0.2) is 11.8 Å². The molecule has 0 saturated carbocycles. The van der Waals surface area contributed by atoms with Crippen LogP contribution >= 0.6 is 11.3 Å². The number of carbonyl (C=O) groups excluding carboxylic acids is 2. The average molecular weight is 407 g/mol. The van der Waals surface area contributed by atoms with Crippen LogP contribution in [-0.2, 0) is 19.4 Å². The van der Waals surface area contributed by atoms with Gasteiger partial charge in [-0.2, -0.15) is 0 Å². The SMILES string of the molecule is NC(=O)c1c(NC(=O)c2ccc(OCc3ccccc3)cc2)sc2c1CCCC2. The molecule has 1 aliphatic rings. The second kappa shape index (κ2) is 8.49. The number of rotatable bonds is 6. The molecule has 3 N–H and O–H groups in total. The number of benzene rings is 2. The highest BCUT2D eigenvalue weighted by Gasteiger charge is 2.25. The second-order valence-corrected chi connectivity index (χ2v) is 8.14. The Hall–Kier alpha value is -3.12. The third-order valence-corrected chi connectivity index (χ3v) is 6.22. The van der Waals surface area contributed by atoms with E-state index in [1.165, 1.54) is 11.3 Å². The van der Waals surface area contributed by atoms with E-state index in [-0.39, 0.29) is 5.91 Å². The highest BCUT2D eigenvalue weighted by atomic mass is 32.1. The first-order valence-electron chi connectivity index (χ1n) is 9.64. The Balaban J connectivity index is 1.45. The van der Waals surface area contributed by atoms with E-state index in [1.807, 2.05) is 30.3 Å². The normalized spacial score (nSPS) is 12.8. The summed E-state index contributed by atoms with van der Waals surface area (Å²) in [6, 6.07) is 16.9. The van der Waals surface area contributed by atoms with Crippen molar-refractivity contribution >= 4 is 28.2 Å². The Bertz CT molecular complexity index is 1030. The van der Waals surface area contributed by atoms with Crippen LogP contribution in [0.1, 0.15) is 49.6 Å². The summed E-state index contributed by atoms with van der Waals surface area (Å²) in [5, 5.41) is 3.44. The molecule has 4 rings (SSSR count). The highest BCUT2D eigenvalue weighted by Crippen LogP contribution is 2.38. The van der Waals surface area contributed by atoms with Gasteiger partial charge in [-0.05, 0) is 61.1 Å². The minimum atomic E-state index is -0.482. The van der Waals surface area contributed by atoms with E-state index < -0.39 is 5.91 Å². The van der Waals surface area contributed by atoms with Gasteiger partial charge in [0.1, 0.15) is 17.4 Å². The Morgan fingerprint density at radius 2 is 1.72 bits per heavy atom. The molecular formula is C23H22N2O3S. The molecule has 0 spiro atoms. The van der Waals surface area contributed by atoms with Crippen LogP contribution in [0.5, 0.6) is 5.75 Å². The van der Waals surface area contributed by atoms with E-state index in [0.29, 0.717) is 28.5 Å². The molecule has 2 aromatic carbocycles. The summed E-state index contributed by atoms with van der Waals surface area (Å²) in [4.78, 5) is 25.8. The van der Waals surface area contributed by atoms with Gasteiger partial charge in [-0.15, -0.1) is 11.3 Å². The average Bonchev–Trinajstić information content (AvgIpc) is 3.11. The van der Waals surface area contributed by atoms with Gasteiger partial charge in [0, 0.05) is 10.4 Å². The van der Waals surface area contributed by atoms with Gasteiger partial charge in [0.15, 0.2) is 0 Å². The van der Waals surface area contributed by atoms with Gasteiger partial charge in [0.2, 0.25) is 0 Å². The summed E-state index contributed by atoms with van der Waals surface area (Å²) >= 11 is 1.46. The molecule has 0 aliphatic heterocycles. The lowest BCUT2D eigenvalue weighted by atomic mass is 9.95. The van der Waals surface area contributed by atoms with Crippen molar-refractivity contribution in [2.45, 2.75) is 32.3 Å². The molecule has 5 nitrogen and oxygen atoms in total. The number of hydrogen-bond donors (Lipinski definition) is 2. The van der Waals surface area contributed by atoms with Crippen molar-refractivity contribution in [3.05, 3.63) is 81.7 Å². The quantitative estimate of drug-likeness (QED) is 0.630. The van der Waals surface area contributed by atoms with Crippen LogP contribution in [0.4, 0.5) is 5.00 Å². The first-order valence-corrected chi connectivity index (χ1v) is 10.5. The number of carbonyl (C=O) groups is 2. The Labute approximate surface area is 173 Å². The number of ether oxygens (including phenoxy) is 1. The van der Waals surface area contributed by atoms with Crippen molar-refractivity contribution in [1.82, 2.24) is 0 Å². The smallest absolute Gasteiger partial charge is 0.256 e. The van der Waals surface area contributed by atoms with Crippen LogP contribution in [0.3, 0.4) is 0 Å². The van der Waals surface area contributed by atoms with E-state index in [2.05, 4.69) is 5.32 Å². The topological polar surface area (TPSA) is 81.4 Å². The molecule has 2 amide bonds. The number of anilines is 1. The lowest BCUT2D eigenvalue weighted by Gasteiger charge is -2.11. The van der Waals surface area contributed by atoms with Crippen LogP contribution in [0, 0.1) is 0 Å². The van der Waals surface area contributed by atoms with E-state index in [4.69, 9.17) is 10.5 Å². The number of nitrogens with one attached hydrogen (secondary N) is 1. The molecule has 29 heavy (non-hydrogen) atoms. The van der Waals surface area contributed by atoms with Crippen molar-refractivity contribution in [3.8, 4) is 5.75 Å². The summed E-state index contributed by atoms with van der Waals surface area (Å²) in [5.74, 6) is -0.0557. The molecule has 0 fully saturated rings. The number of primary amides is 1. The number of thiophene rings is 1. The van der Waals surface area contributed by atoms with Crippen molar-refractivity contribution < 1.29 is 14.3 Å². The maximum Gasteiger partial charge on any atom is 0.256 e. The molecule has 0 atom stereocenters. The van der Waals surface area contributed by atoms with Gasteiger partial charge in [-0.25, -0.2) is 0 Å². The molecule has 1 heterocycles. The molecule has 0 radical (unpaired) electrons.